The third kappa shape index (κ3) is 4.16. The van der Waals surface area contributed by atoms with Crippen molar-refractivity contribution in [3.8, 4) is 5.75 Å². The van der Waals surface area contributed by atoms with Crippen molar-refractivity contribution in [1.29, 1.82) is 0 Å². The van der Waals surface area contributed by atoms with Gasteiger partial charge in [0.25, 0.3) is 5.69 Å². The Balaban J connectivity index is 1.80. The number of carbonyl (C=O) groups is 2. The molecule has 2 aromatic rings. The van der Waals surface area contributed by atoms with E-state index in [9.17, 15) is 19.7 Å². The molecule has 0 saturated carbocycles. The third-order valence-electron chi connectivity index (χ3n) is 6.37. The van der Waals surface area contributed by atoms with Gasteiger partial charge in [0.05, 0.1) is 19.1 Å². The van der Waals surface area contributed by atoms with Crippen molar-refractivity contribution in [3.63, 3.8) is 0 Å². The number of ether oxygens (including phenoxy) is 2. The lowest BCUT2D eigenvalue weighted by Crippen LogP contribution is -2.37. The first-order chi connectivity index (χ1) is 15.8. The maximum Gasteiger partial charge on any atom is 0.315 e. The number of nitrogens with zero attached hydrogens (tertiary/aromatic N) is 2. The molecule has 0 aromatic heterocycles. The van der Waals surface area contributed by atoms with Gasteiger partial charge in [0, 0.05) is 41.5 Å². The molecule has 0 bridgehead atoms. The third-order valence-corrected chi connectivity index (χ3v) is 6.37. The lowest BCUT2D eigenvalue weighted by molar-refractivity contribution is -0.384. The molecule has 170 valence electrons. The van der Waals surface area contributed by atoms with Gasteiger partial charge < -0.3 is 9.47 Å². The van der Waals surface area contributed by atoms with Crippen LogP contribution in [0.15, 0.2) is 64.8 Å². The Morgan fingerprint density at radius 2 is 1.82 bits per heavy atom. The maximum absolute atomic E-state index is 13.5. The molecule has 4 rings (SSSR count). The van der Waals surface area contributed by atoms with E-state index in [-0.39, 0.29) is 23.8 Å². The van der Waals surface area contributed by atoms with Crippen LogP contribution in [-0.2, 0) is 14.3 Å². The Morgan fingerprint density at radius 1 is 1.09 bits per heavy atom. The van der Waals surface area contributed by atoms with E-state index >= 15 is 0 Å². The fourth-order valence-electron chi connectivity index (χ4n) is 4.80. The molecule has 2 aromatic carbocycles. The molecular formula is C25H24N2O6. The number of nitro benzene ring substituents is 1. The minimum atomic E-state index is -0.822. The van der Waals surface area contributed by atoms with Gasteiger partial charge in [0.15, 0.2) is 5.78 Å². The van der Waals surface area contributed by atoms with Crippen molar-refractivity contribution in [2.24, 2.45) is 10.9 Å². The van der Waals surface area contributed by atoms with E-state index in [0.29, 0.717) is 29.0 Å². The number of methoxy groups -OCH3 is 2. The van der Waals surface area contributed by atoms with Crippen molar-refractivity contribution >= 4 is 23.2 Å². The highest BCUT2D eigenvalue weighted by molar-refractivity contribution is 6.09. The summed E-state index contributed by atoms with van der Waals surface area (Å²) in [5.41, 5.74) is 3.03. The number of hydrogen-bond acceptors (Lipinski definition) is 7. The van der Waals surface area contributed by atoms with Gasteiger partial charge in [-0.25, -0.2) is 0 Å². The summed E-state index contributed by atoms with van der Waals surface area (Å²) >= 11 is 0. The van der Waals surface area contributed by atoms with Gasteiger partial charge in [0.1, 0.15) is 11.7 Å². The van der Waals surface area contributed by atoms with Gasteiger partial charge >= 0.3 is 5.97 Å². The number of Topliss-reactive ketones (excluding diaryl/α,β-unsaturated/α-hetero) is 1. The number of ketones is 1. The molecule has 1 aliphatic heterocycles. The molecule has 1 heterocycles. The van der Waals surface area contributed by atoms with Crippen molar-refractivity contribution < 1.29 is 24.0 Å². The van der Waals surface area contributed by atoms with Crippen LogP contribution in [0, 0.1) is 16.0 Å². The number of carbonyl (C=O) groups excluding carboxylic acids is 2. The lowest BCUT2D eigenvalue weighted by Gasteiger charge is -2.36. The van der Waals surface area contributed by atoms with Crippen LogP contribution in [0.5, 0.6) is 5.75 Å². The summed E-state index contributed by atoms with van der Waals surface area (Å²) in [6, 6.07) is 13.7. The van der Waals surface area contributed by atoms with Crippen LogP contribution in [0.4, 0.5) is 5.69 Å². The van der Waals surface area contributed by atoms with Gasteiger partial charge in [-0.3, -0.25) is 24.7 Å². The normalized spacial score (nSPS) is 22.3. The minimum absolute atomic E-state index is 0.0563. The fraction of sp³-hybridized carbons (Fsp3) is 0.320. The number of non-ortho nitro benzene ring substituents is 1. The molecule has 0 N–H and O–H groups in total. The zero-order chi connectivity index (χ0) is 23.7. The Morgan fingerprint density at radius 3 is 2.45 bits per heavy atom. The summed E-state index contributed by atoms with van der Waals surface area (Å²) in [6.07, 6.45) is 0.795. The Labute approximate surface area is 191 Å². The lowest BCUT2D eigenvalue weighted by atomic mass is 9.69. The maximum atomic E-state index is 13.5. The minimum Gasteiger partial charge on any atom is -0.497 e. The molecule has 0 amide bonds. The largest absolute Gasteiger partial charge is 0.497 e. The Bertz CT molecular complexity index is 1180. The van der Waals surface area contributed by atoms with Gasteiger partial charge in [-0.2, -0.15) is 0 Å². The van der Waals surface area contributed by atoms with Gasteiger partial charge in [-0.1, -0.05) is 24.3 Å². The van der Waals surface area contributed by atoms with E-state index in [0.717, 1.165) is 11.3 Å². The summed E-state index contributed by atoms with van der Waals surface area (Å²) in [6.45, 7) is 1.73. The summed E-state index contributed by atoms with van der Waals surface area (Å²) in [7, 11) is 2.88. The van der Waals surface area contributed by atoms with Crippen molar-refractivity contribution in [3.05, 3.63) is 81.0 Å². The quantitative estimate of drug-likeness (QED) is 0.382. The predicted molar refractivity (Wildman–Crippen MR) is 121 cm³/mol. The first kappa shape index (κ1) is 22.4. The number of aliphatic imine (C=N–C) groups is 1. The van der Waals surface area contributed by atoms with Crippen molar-refractivity contribution in [1.82, 2.24) is 0 Å². The average Bonchev–Trinajstić information content (AvgIpc) is 2.82. The topological polar surface area (TPSA) is 108 Å². The second kappa shape index (κ2) is 8.97. The molecule has 33 heavy (non-hydrogen) atoms. The Hall–Kier alpha value is -3.81. The van der Waals surface area contributed by atoms with Crippen LogP contribution in [0.1, 0.15) is 42.7 Å². The summed E-state index contributed by atoms with van der Waals surface area (Å²) in [4.78, 5) is 41.7. The summed E-state index contributed by atoms with van der Waals surface area (Å²) < 4.78 is 10.2. The molecule has 1 unspecified atom stereocenters. The van der Waals surface area contributed by atoms with Gasteiger partial charge in [-0.05, 0) is 42.5 Å². The van der Waals surface area contributed by atoms with E-state index in [1.807, 2.05) is 24.3 Å². The van der Waals surface area contributed by atoms with Crippen molar-refractivity contribution in [2.75, 3.05) is 14.2 Å². The standard InChI is InChI=1S/C25H24N2O6/c1-14-22(25(29)33-3)23(16-5-4-6-18(11-16)27(30)31)24-20(26-14)12-17(13-21(24)28)15-7-9-19(32-2)10-8-15/h4-11,17,22-23H,12-13H2,1-3H3/t17-,22?,23+/m1/s1. The molecule has 2 aliphatic rings. The number of rotatable bonds is 5. The molecule has 1 aliphatic carbocycles. The van der Waals surface area contributed by atoms with E-state index in [2.05, 4.69) is 4.99 Å². The Kier molecular flexibility index (Phi) is 6.09. The molecule has 3 atom stereocenters. The molecule has 0 saturated heterocycles. The van der Waals surface area contributed by atoms with Crippen molar-refractivity contribution in [2.45, 2.75) is 31.6 Å². The smallest absolute Gasteiger partial charge is 0.315 e. The van der Waals surface area contributed by atoms with E-state index in [4.69, 9.17) is 9.47 Å². The second-order valence-electron chi connectivity index (χ2n) is 8.25. The molecule has 0 fully saturated rings. The van der Waals surface area contributed by atoms with Crippen LogP contribution in [0.3, 0.4) is 0 Å². The highest BCUT2D eigenvalue weighted by atomic mass is 16.6. The first-order valence-electron chi connectivity index (χ1n) is 10.6. The predicted octanol–water partition coefficient (Wildman–Crippen LogP) is 4.35. The number of nitro groups is 1. The highest BCUT2D eigenvalue weighted by Gasteiger charge is 2.44. The molecule has 0 spiro atoms. The van der Waals surface area contributed by atoms with Crippen LogP contribution in [0.25, 0.3) is 0 Å². The van der Waals surface area contributed by atoms with E-state index < -0.39 is 22.7 Å². The molecule has 0 radical (unpaired) electrons. The van der Waals surface area contributed by atoms with Crippen LogP contribution >= 0.6 is 0 Å². The molecule has 8 heteroatoms. The number of hydrogen-bond donors (Lipinski definition) is 0. The first-order valence-corrected chi connectivity index (χ1v) is 10.6. The second-order valence-corrected chi connectivity index (χ2v) is 8.25. The SMILES string of the molecule is COC(=O)C1C(C)=NC2=C(C(=O)C[C@H](c3ccc(OC)cc3)C2)[C@H]1c1cccc([N+](=O)[O-])c1. The molecular weight excluding hydrogens is 424 g/mol. The van der Waals surface area contributed by atoms with Crippen LogP contribution in [-0.4, -0.2) is 36.6 Å². The van der Waals surface area contributed by atoms with Crippen LogP contribution in [0.2, 0.25) is 0 Å². The summed E-state index contributed by atoms with van der Waals surface area (Å²) in [5, 5.41) is 11.4. The number of esters is 1. The molecule has 8 nitrogen and oxygen atoms in total. The number of benzene rings is 2. The van der Waals surface area contributed by atoms with Gasteiger partial charge in [0.2, 0.25) is 0 Å². The van der Waals surface area contributed by atoms with Crippen LogP contribution < -0.4 is 4.74 Å². The zero-order valence-corrected chi connectivity index (χ0v) is 18.6. The average molecular weight is 448 g/mol. The summed E-state index contributed by atoms with van der Waals surface area (Å²) in [5.74, 6) is -1.47. The number of allylic oxidation sites excluding steroid dienone is 2. The van der Waals surface area contributed by atoms with E-state index in [1.165, 1.54) is 19.2 Å². The van der Waals surface area contributed by atoms with Gasteiger partial charge in [-0.15, -0.1) is 0 Å². The fourth-order valence-corrected chi connectivity index (χ4v) is 4.80. The van der Waals surface area contributed by atoms with E-state index in [1.54, 1.807) is 26.2 Å². The highest BCUT2D eigenvalue weighted by Crippen LogP contribution is 2.47. The monoisotopic (exact) mass is 448 g/mol. The zero-order valence-electron chi connectivity index (χ0n) is 18.6.